The first kappa shape index (κ1) is 12.3. The van der Waals surface area contributed by atoms with Gasteiger partial charge in [-0.05, 0) is 43.7 Å². The largest absolute Gasteiger partial charge is 0.397 e. The van der Waals surface area contributed by atoms with Gasteiger partial charge in [-0.25, -0.2) is 0 Å². The van der Waals surface area contributed by atoms with Crippen molar-refractivity contribution in [3.63, 3.8) is 0 Å². The summed E-state index contributed by atoms with van der Waals surface area (Å²) in [6, 6.07) is 5.98. The molecule has 4 N–H and O–H groups in total. The average Bonchev–Trinajstić information content (AvgIpc) is 2.86. The molecule has 2 atom stereocenters. The summed E-state index contributed by atoms with van der Waals surface area (Å²) in [6.45, 7) is 0.982. The Morgan fingerprint density at radius 1 is 1.21 bits per heavy atom. The van der Waals surface area contributed by atoms with Crippen LogP contribution >= 0.6 is 0 Å². The number of primary amides is 1. The zero-order valence-corrected chi connectivity index (χ0v) is 11.1. The summed E-state index contributed by atoms with van der Waals surface area (Å²) in [6.07, 6.45) is 6.27. The smallest absolute Gasteiger partial charge is 0.250 e. The van der Waals surface area contributed by atoms with Gasteiger partial charge in [-0.15, -0.1) is 0 Å². The molecule has 4 nitrogen and oxygen atoms in total. The van der Waals surface area contributed by atoms with Gasteiger partial charge >= 0.3 is 0 Å². The van der Waals surface area contributed by atoms with Crippen LogP contribution in [0.4, 0.5) is 11.4 Å². The number of benzene rings is 1. The van der Waals surface area contributed by atoms with E-state index in [2.05, 4.69) is 4.90 Å². The van der Waals surface area contributed by atoms with Gasteiger partial charge in [-0.2, -0.15) is 0 Å². The molecular weight excluding hydrogens is 238 g/mol. The Kier molecular flexibility index (Phi) is 3.09. The van der Waals surface area contributed by atoms with Gasteiger partial charge in [-0.1, -0.05) is 12.5 Å². The summed E-state index contributed by atoms with van der Waals surface area (Å²) in [5.74, 6) is 0.372. The van der Waals surface area contributed by atoms with Gasteiger partial charge in [0.2, 0.25) is 0 Å². The highest BCUT2D eigenvalue weighted by molar-refractivity contribution is 6.01. The Labute approximate surface area is 113 Å². The van der Waals surface area contributed by atoms with Crippen LogP contribution in [0.15, 0.2) is 18.2 Å². The number of fused-ring (bicyclic) bond motifs is 1. The van der Waals surface area contributed by atoms with Crippen LogP contribution in [-0.2, 0) is 0 Å². The van der Waals surface area contributed by atoms with Gasteiger partial charge in [0.05, 0.1) is 16.9 Å². The van der Waals surface area contributed by atoms with Crippen molar-refractivity contribution in [2.45, 2.75) is 38.1 Å². The molecule has 1 aliphatic heterocycles. The predicted molar refractivity (Wildman–Crippen MR) is 77.1 cm³/mol. The highest BCUT2D eigenvalue weighted by Crippen LogP contribution is 2.41. The number of rotatable bonds is 2. The molecule has 1 aliphatic carbocycles. The number of nitrogen functional groups attached to an aromatic ring is 1. The van der Waals surface area contributed by atoms with Crippen molar-refractivity contribution in [2.24, 2.45) is 11.7 Å². The summed E-state index contributed by atoms with van der Waals surface area (Å²) < 4.78 is 0. The zero-order chi connectivity index (χ0) is 13.4. The molecule has 1 saturated carbocycles. The first-order valence-corrected chi connectivity index (χ1v) is 7.13. The Balaban J connectivity index is 2.03. The van der Waals surface area contributed by atoms with E-state index in [1.165, 1.54) is 32.1 Å². The number of para-hydroxylation sites is 1. The number of nitrogens with two attached hydrogens (primary N) is 2. The number of carbonyl (C=O) groups excluding carboxylic acids is 1. The minimum atomic E-state index is -0.387. The molecule has 0 spiro atoms. The number of carbonyl (C=O) groups is 1. The first-order chi connectivity index (χ1) is 9.18. The predicted octanol–water partition coefficient (Wildman–Crippen LogP) is 2.14. The first-order valence-electron chi connectivity index (χ1n) is 7.13. The molecule has 1 aromatic rings. The van der Waals surface area contributed by atoms with Crippen molar-refractivity contribution in [3.8, 4) is 0 Å². The molecule has 3 rings (SSSR count). The number of hydrogen-bond donors (Lipinski definition) is 2. The third-order valence-corrected chi connectivity index (χ3v) is 4.61. The fourth-order valence-corrected chi connectivity index (χ4v) is 3.81. The van der Waals surface area contributed by atoms with Crippen molar-refractivity contribution < 1.29 is 4.79 Å². The minimum absolute atomic E-state index is 0.387. The molecule has 102 valence electrons. The van der Waals surface area contributed by atoms with Crippen molar-refractivity contribution in [3.05, 3.63) is 23.8 Å². The highest BCUT2D eigenvalue weighted by Gasteiger charge is 2.36. The van der Waals surface area contributed by atoms with Crippen LogP contribution in [0.25, 0.3) is 0 Å². The summed E-state index contributed by atoms with van der Waals surface area (Å²) in [5.41, 5.74) is 13.7. The van der Waals surface area contributed by atoms with Crippen LogP contribution in [0.3, 0.4) is 0 Å². The van der Waals surface area contributed by atoms with E-state index in [0.717, 1.165) is 18.2 Å². The van der Waals surface area contributed by atoms with E-state index >= 15 is 0 Å². The lowest BCUT2D eigenvalue weighted by molar-refractivity contribution is 0.100. The van der Waals surface area contributed by atoms with Crippen LogP contribution < -0.4 is 16.4 Å². The topological polar surface area (TPSA) is 72.3 Å². The Bertz CT molecular complexity index is 500. The Morgan fingerprint density at radius 3 is 2.79 bits per heavy atom. The molecule has 0 bridgehead atoms. The Hall–Kier alpha value is -1.71. The fourth-order valence-electron chi connectivity index (χ4n) is 3.81. The second-order valence-corrected chi connectivity index (χ2v) is 5.70. The van der Waals surface area contributed by atoms with E-state index in [-0.39, 0.29) is 5.91 Å². The number of nitrogens with zero attached hydrogens (tertiary/aromatic N) is 1. The molecule has 19 heavy (non-hydrogen) atoms. The van der Waals surface area contributed by atoms with Gasteiger partial charge in [0.15, 0.2) is 0 Å². The van der Waals surface area contributed by atoms with Crippen LogP contribution in [-0.4, -0.2) is 18.5 Å². The maximum atomic E-state index is 11.6. The zero-order valence-electron chi connectivity index (χ0n) is 11.1. The van der Waals surface area contributed by atoms with Gasteiger partial charge < -0.3 is 16.4 Å². The lowest BCUT2D eigenvalue weighted by Crippen LogP contribution is -2.43. The third kappa shape index (κ3) is 2.05. The van der Waals surface area contributed by atoms with Crippen molar-refractivity contribution >= 4 is 17.3 Å². The molecular formula is C15H21N3O. The van der Waals surface area contributed by atoms with Crippen LogP contribution in [0.2, 0.25) is 0 Å². The molecule has 4 heteroatoms. The van der Waals surface area contributed by atoms with Crippen LogP contribution in [0.1, 0.15) is 42.5 Å². The van der Waals surface area contributed by atoms with Crippen LogP contribution in [0, 0.1) is 5.92 Å². The monoisotopic (exact) mass is 259 g/mol. The lowest BCUT2D eigenvalue weighted by Gasteiger charge is -2.40. The van der Waals surface area contributed by atoms with E-state index in [1.807, 2.05) is 6.07 Å². The molecule has 0 aromatic heterocycles. The molecule has 1 aromatic carbocycles. The highest BCUT2D eigenvalue weighted by atomic mass is 16.1. The molecule has 0 radical (unpaired) electrons. The van der Waals surface area contributed by atoms with E-state index in [1.54, 1.807) is 12.1 Å². The molecule has 2 unspecified atom stereocenters. The standard InChI is InChI=1S/C15H21N3O/c16-12-7-2-6-11(15(17)19)14(12)18-9-3-5-10-4-1-8-13(10)18/h2,6-7,10,13H,1,3-5,8-9,16H2,(H2,17,19). The normalized spacial score (nSPS) is 26.2. The quantitative estimate of drug-likeness (QED) is 0.799. The molecule has 1 amide bonds. The van der Waals surface area contributed by atoms with Crippen molar-refractivity contribution in [1.82, 2.24) is 0 Å². The second-order valence-electron chi connectivity index (χ2n) is 5.70. The SMILES string of the molecule is NC(=O)c1cccc(N)c1N1CCCC2CCCC21. The van der Waals surface area contributed by atoms with E-state index in [9.17, 15) is 4.79 Å². The molecule has 1 saturated heterocycles. The van der Waals surface area contributed by atoms with Gasteiger partial charge in [0.25, 0.3) is 5.91 Å². The lowest BCUT2D eigenvalue weighted by atomic mass is 9.90. The van der Waals surface area contributed by atoms with Crippen molar-refractivity contribution in [2.75, 3.05) is 17.2 Å². The van der Waals surface area contributed by atoms with Crippen LogP contribution in [0.5, 0.6) is 0 Å². The number of piperidine rings is 1. The molecule has 2 aliphatic rings. The average molecular weight is 259 g/mol. The van der Waals surface area contributed by atoms with E-state index < -0.39 is 0 Å². The van der Waals surface area contributed by atoms with E-state index in [4.69, 9.17) is 11.5 Å². The minimum Gasteiger partial charge on any atom is -0.397 e. The third-order valence-electron chi connectivity index (χ3n) is 4.61. The summed E-state index contributed by atoms with van der Waals surface area (Å²) >= 11 is 0. The summed E-state index contributed by atoms with van der Waals surface area (Å²) in [5, 5.41) is 0. The number of anilines is 2. The fraction of sp³-hybridized carbons (Fsp3) is 0.533. The molecule has 2 fully saturated rings. The van der Waals surface area contributed by atoms with E-state index in [0.29, 0.717) is 17.3 Å². The second kappa shape index (κ2) is 4.76. The number of amides is 1. The summed E-state index contributed by atoms with van der Waals surface area (Å²) in [4.78, 5) is 14.0. The summed E-state index contributed by atoms with van der Waals surface area (Å²) in [7, 11) is 0. The number of hydrogen-bond acceptors (Lipinski definition) is 3. The maximum Gasteiger partial charge on any atom is 0.250 e. The van der Waals surface area contributed by atoms with Crippen molar-refractivity contribution in [1.29, 1.82) is 0 Å². The maximum absolute atomic E-state index is 11.6. The van der Waals surface area contributed by atoms with Gasteiger partial charge in [-0.3, -0.25) is 4.79 Å². The Morgan fingerprint density at radius 2 is 2.00 bits per heavy atom. The van der Waals surface area contributed by atoms with Gasteiger partial charge in [0, 0.05) is 12.6 Å². The van der Waals surface area contributed by atoms with Gasteiger partial charge in [0.1, 0.15) is 0 Å². The molecule has 1 heterocycles.